The summed E-state index contributed by atoms with van der Waals surface area (Å²) in [6.45, 7) is 2.09. The first kappa shape index (κ1) is 16.1. The number of Topliss-reactive ketones (excluding diaryl/α,β-unsaturated/α-hetero) is 1. The number of aryl methyl sites for hydroxylation is 1. The van der Waals surface area contributed by atoms with Crippen LogP contribution in [0.4, 0.5) is 4.39 Å². The Labute approximate surface area is 147 Å². The van der Waals surface area contributed by atoms with Gasteiger partial charge in [-0.05, 0) is 42.9 Å². The monoisotopic (exact) mass is 356 g/mol. The van der Waals surface area contributed by atoms with Gasteiger partial charge >= 0.3 is 0 Å². The van der Waals surface area contributed by atoms with Crippen molar-refractivity contribution in [1.29, 1.82) is 0 Å². The van der Waals surface area contributed by atoms with Gasteiger partial charge in [0.25, 0.3) is 5.56 Å². The first-order valence-electron chi connectivity index (χ1n) is 8.31. The highest BCUT2D eigenvalue weighted by Crippen LogP contribution is 2.35. The number of ketones is 1. The summed E-state index contributed by atoms with van der Waals surface area (Å²) < 4.78 is 14.6. The predicted octanol–water partition coefficient (Wildman–Crippen LogP) is 3.60. The van der Waals surface area contributed by atoms with Crippen LogP contribution in [0.2, 0.25) is 0 Å². The van der Waals surface area contributed by atoms with Gasteiger partial charge in [0.15, 0.2) is 5.78 Å². The van der Waals surface area contributed by atoms with Crippen LogP contribution in [0.3, 0.4) is 0 Å². The van der Waals surface area contributed by atoms with Gasteiger partial charge in [-0.25, -0.2) is 9.37 Å². The molecule has 4 nitrogen and oxygen atoms in total. The summed E-state index contributed by atoms with van der Waals surface area (Å²) >= 11 is 1.58. The molecule has 0 saturated heterocycles. The fourth-order valence-corrected chi connectivity index (χ4v) is 4.73. The minimum atomic E-state index is -0.465. The molecule has 4 rings (SSSR count). The Morgan fingerprint density at radius 2 is 2.28 bits per heavy atom. The van der Waals surface area contributed by atoms with Crippen LogP contribution in [0.25, 0.3) is 10.2 Å². The highest BCUT2D eigenvalue weighted by Gasteiger charge is 2.23. The van der Waals surface area contributed by atoms with Crippen LogP contribution < -0.4 is 5.56 Å². The number of hydrogen-bond donors (Lipinski definition) is 0. The first-order chi connectivity index (χ1) is 12.0. The summed E-state index contributed by atoms with van der Waals surface area (Å²) in [6.07, 6.45) is 4.36. The lowest BCUT2D eigenvalue weighted by atomic mass is 9.89. The predicted molar refractivity (Wildman–Crippen MR) is 95.8 cm³/mol. The van der Waals surface area contributed by atoms with E-state index >= 15 is 0 Å². The van der Waals surface area contributed by atoms with Gasteiger partial charge in [-0.3, -0.25) is 14.2 Å². The molecular weight excluding hydrogens is 339 g/mol. The van der Waals surface area contributed by atoms with Crippen LogP contribution in [0.5, 0.6) is 0 Å². The average Bonchev–Trinajstić information content (AvgIpc) is 2.95. The van der Waals surface area contributed by atoms with Gasteiger partial charge in [0.1, 0.15) is 10.6 Å². The van der Waals surface area contributed by atoms with Crippen LogP contribution in [0, 0.1) is 11.7 Å². The van der Waals surface area contributed by atoms with Crippen molar-refractivity contribution in [2.45, 2.75) is 32.7 Å². The second-order valence-electron chi connectivity index (χ2n) is 6.64. The smallest absolute Gasteiger partial charge is 0.262 e. The van der Waals surface area contributed by atoms with E-state index in [9.17, 15) is 14.0 Å². The Bertz CT molecular complexity index is 1040. The molecule has 2 aromatic heterocycles. The molecule has 0 radical (unpaired) electrons. The summed E-state index contributed by atoms with van der Waals surface area (Å²) in [5.41, 5.74) is 1.18. The van der Waals surface area contributed by atoms with Crippen molar-refractivity contribution in [2.24, 2.45) is 5.92 Å². The summed E-state index contributed by atoms with van der Waals surface area (Å²) in [5, 5.41) is 0.654. The number of fused-ring (bicyclic) bond motifs is 3. The first-order valence-corrected chi connectivity index (χ1v) is 9.13. The number of hydrogen-bond acceptors (Lipinski definition) is 4. The fraction of sp³-hybridized carbons (Fsp3) is 0.316. The van der Waals surface area contributed by atoms with E-state index in [1.165, 1.54) is 34.0 Å². The third-order valence-electron chi connectivity index (χ3n) is 4.74. The molecule has 1 aromatic carbocycles. The van der Waals surface area contributed by atoms with Crippen molar-refractivity contribution in [1.82, 2.24) is 9.55 Å². The number of nitrogens with zero attached hydrogens (tertiary/aromatic N) is 2. The highest BCUT2D eigenvalue weighted by atomic mass is 32.1. The minimum absolute atomic E-state index is 0.133. The van der Waals surface area contributed by atoms with Crippen molar-refractivity contribution in [2.75, 3.05) is 0 Å². The molecule has 0 spiro atoms. The van der Waals surface area contributed by atoms with E-state index in [-0.39, 0.29) is 23.5 Å². The Morgan fingerprint density at radius 1 is 1.44 bits per heavy atom. The van der Waals surface area contributed by atoms with Crippen LogP contribution in [-0.4, -0.2) is 15.3 Å². The largest absolute Gasteiger partial charge is 0.292 e. The average molecular weight is 356 g/mol. The van der Waals surface area contributed by atoms with Crippen molar-refractivity contribution in [3.63, 3.8) is 0 Å². The van der Waals surface area contributed by atoms with Gasteiger partial charge in [-0.2, -0.15) is 0 Å². The zero-order valence-corrected chi connectivity index (χ0v) is 14.6. The molecule has 128 valence electrons. The molecule has 1 atom stereocenters. The Morgan fingerprint density at radius 3 is 3.08 bits per heavy atom. The fourth-order valence-electron chi connectivity index (χ4n) is 3.39. The van der Waals surface area contributed by atoms with Gasteiger partial charge in [0.2, 0.25) is 0 Å². The molecular formula is C19H17FN2O2S. The molecule has 25 heavy (non-hydrogen) atoms. The molecule has 0 amide bonds. The third kappa shape index (κ3) is 2.91. The van der Waals surface area contributed by atoms with Crippen molar-refractivity contribution in [3.05, 3.63) is 62.8 Å². The topological polar surface area (TPSA) is 52.0 Å². The summed E-state index contributed by atoms with van der Waals surface area (Å²) in [7, 11) is 0. The number of benzene rings is 1. The number of aromatic nitrogens is 2. The van der Waals surface area contributed by atoms with E-state index in [1.807, 2.05) is 0 Å². The molecule has 0 bridgehead atoms. The number of carbonyl (C=O) groups excluding carboxylic acids is 1. The number of thiophene rings is 1. The lowest BCUT2D eigenvalue weighted by Crippen LogP contribution is -2.25. The third-order valence-corrected chi connectivity index (χ3v) is 5.91. The second-order valence-corrected chi connectivity index (χ2v) is 7.73. The summed E-state index contributed by atoms with van der Waals surface area (Å²) in [5.74, 6) is -0.148. The highest BCUT2D eigenvalue weighted by molar-refractivity contribution is 7.18. The zero-order valence-electron chi connectivity index (χ0n) is 13.8. The molecule has 0 saturated carbocycles. The molecule has 1 aliphatic rings. The van der Waals surface area contributed by atoms with Crippen LogP contribution in [0.1, 0.15) is 34.1 Å². The zero-order chi connectivity index (χ0) is 17.6. The van der Waals surface area contributed by atoms with E-state index in [1.54, 1.807) is 17.4 Å². The van der Waals surface area contributed by atoms with Crippen molar-refractivity contribution < 1.29 is 9.18 Å². The van der Waals surface area contributed by atoms with E-state index in [2.05, 4.69) is 11.9 Å². The Kier molecular flexibility index (Phi) is 4.00. The molecule has 1 aliphatic carbocycles. The normalized spacial score (nSPS) is 16.8. The van der Waals surface area contributed by atoms with E-state index in [4.69, 9.17) is 0 Å². The number of carbonyl (C=O) groups is 1. The van der Waals surface area contributed by atoms with Crippen molar-refractivity contribution in [3.8, 4) is 0 Å². The number of rotatable bonds is 3. The maximum atomic E-state index is 13.3. The molecule has 0 aliphatic heterocycles. The Balaban J connectivity index is 1.72. The van der Waals surface area contributed by atoms with Crippen LogP contribution in [-0.2, 0) is 19.4 Å². The SMILES string of the molecule is C[C@@H]1CCc2c(sc3ncn(CC(=O)c4cccc(F)c4)c(=O)c23)C1. The molecule has 2 heterocycles. The van der Waals surface area contributed by atoms with Crippen LogP contribution >= 0.6 is 11.3 Å². The maximum Gasteiger partial charge on any atom is 0.262 e. The van der Waals surface area contributed by atoms with Gasteiger partial charge in [-0.15, -0.1) is 11.3 Å². The molecule has 3 aromatic rings. The molecule has 0 unspecified atom stereocenters. The second kappa shape index (κ2) is 6.19. The molecule has 0 N–H and O–H groups in total. The molecule has 6 heteroatoms. The maximum absolute atomic E-state index is 13.3. The summed E-state index contributed by atoms with van der Waals surface area (Å²) in [4.78, 5) is 31.6. The summed E-state index contributed by atoms with van der Waals surface area (Å²) in [6, 6.07) is 5.52. The van der Waals surface area contributed by atoms with E-state index in [0.29, 0.717) is 11.3 Å². The lowest BCUT2D eigenvalue weighted by Gasteiger charge is -2.17. The minimum Gasteiger partial charge on any atom is -0.292 e. The van der Waals surface area contributed by atoms with Crippen LogP contribution in [0.15, 0.2) is 35.4 Å². The molecule has 0 fully saturated rings. The number of halogens is 1. The lowest BCUT2D eigenvalue weighted by molar-refractivity contribution is 0.0970. The van der Waals surface area contributed by atoms with Gasteiger partial charge < -0.3 is 0 Å². The standard InChI is InChI=1S/C19H17FN2O2S/c1-11-5-6-14-16(7-11)25-18-17(14)19(24)22(10-21-18)9-15(23)12-3-2-4-13(20)8-12/h2-4,8,10-11H,5-7,9H2,1H3/t11-/m1/s1. The Hall–Kier alpha value is -2.34. The van der Waals surface area contributed by atoms with Crippen molar-refractivity contribution >= 4 is 27.3 Å². The van der Waals surface area contributed by atoms with E-state index < -0.39 is 5.82 Å². The van der Waals surface area contributed by atoms with Gasteiger partial charge in [0.05, 0.1) is 18.3 Å². The van der Waals surface area contributed by atoms with E-state index in [0.717, 1.165) is 29.7 Å². The van der Waals surface area contributed by atoms with Gasteiger partial charge in [0, 0.05) is 10.4 Å². The van der Waals surface area contributed by atoms with Gasteiger partial charge in [-0.1, -0.05) is 19.1 Å². The quantitative estimate of drug-likeness (QED) is 0.674.